The Kier molecular flexibility index (Phi) is 3.35. The first-order valence-electron chi connectivity index (χ1n) is 4.84. The Morgan fingerprint density at radius 1 is 1.20 bits per heavy atom. The van der Waals surface area contributed by atoms with Crippen molar-refractivity contribution in [3.63, 3.8) is 0 Å². The zero-order chi connectivity index (χ0) is 11.6. The van der Waals surface area contributed by atoms with Crippen molar-refractivity contribution in [1.82, 2.24) is 0 Å². The van der Waals surface area contributed by atoms with E-state index in [1.165, 1.54) is 7.11 Å². The van der Waals surface area contributed by atoms with Crippen molar-refractivity contribution < 1.29 is 9.53 Å². The number of rotatable bonds is 2. The summed E-state index contributed by atoms with van der Waals surface area (Å²) in [4.78, 5) is 13.4. The zero-order valence-corrected chi connectivity index (χ0v) is 9.92. The second kappa shape index (κ2) is 4.34. The number of nitrogens with zero attached hydrogens (tertiary/aromatic N) is 1. The summed E-state index contributed by atoms with van der Waals surface area (Å²) in [6.07, 6.45) is 0. The van der Waals surface area contributed by atoms with Crippen LogP contribution in [-0.2, 0) is 4.74 Å². The second-order valence-corrected chi connectivity index (χ2v) is 3.84. The summed E-state index contributed by atoms with van der Waals surface area (Å²) in [6, 6.07) is 3.71. The quantitative estimate of drug-likeness (QED) is 0.696. The molecule has 0 aliphatic rings. The maximum Gasteiger partial charge on any atom is 0.337 e. The molecule has 0 radical (unpaired) electrons. The van der Waals surface area contributed by atoms with E-state index >= 15 is 0 Å². The van der Waals surface area contributed by atoms with E-state index in [0.29, 0.717) is 5.56 Å². The molecular weight excluding hydrogens is 190 g/mol. The molecule has 0 aliphatic heterocycles. The van der Waals surface area contributed by atoms with Gasteiger partial charge in [-0.25, -0.2) is 4.79 Å². The molecule has 15 heavy (non-hydrogen) atoms. The van der Waals surface area contributed by atoms with E-state index in [4.69, 9.17) is 4.74 Å². The highest BCUT2D eigenvalue weighted by molar-refractivity contribution is 5.90. The molecule has 0 fully saturated rings. The van der Waals surface area contributed by atoms with E-state index in [1.807, 2.05) is 45.0 Å². The third-order valence-corrected chi connectivity index (χ3v) is 2.36. The van der Waals surface area contributed by atoms with Gasteiger partial charge in [0, 0.05) is 19.8 Å². The van der Waals surface area contributed by atoms with E-state index in [1.54, 1.807) is 0 Å². The van der Waals surface area contributed by atoms with Gasteiger partial charge in [-0.15, -0.1) is 0 Å². The van der Waals surface area contributed by atoms with E-state index < -0.39 is 0 Å². The largest absolute Gasteiger partial charge is 0.465 e. The highest BCUT2D eigenvalue weighted by Crippen LogP contribution is 2.24. The van der Waals surface area contributed by atoms with Crippen LogP contribution < -0.4 is 4.90 Å². The predicted molar refractivity (Wildman–Crippen MR) is 61.6 cm³/mol. The smallest absolute Gasteiger partial charge is 0.337 e. The van der Waals surface area contributed by atoms with Crippen molar-refractivity contribution in [2.24, 2.45) is 0 Å². The van der Waals surface area contributed by atoms with Gasteiger partial charge in [-0.2, -0.15) is 0 Å². The summed E-state index contributed by atoms with van der Waals surface area (Å²) >= 11 is 0. The van der Waals surface area contributed by atoms with Crippen LogP contribution in [0.5, 0.6) is 0 Å². The topological polar surface area (TPSA) is 29.5 Å². The number of aryl methyl sites for hydroxylation is 2. The number of benzene rings is 1. The molecule has 0 aromatic heterocycles. The van der Waals surface area contributed by atoms with Crippen molar-refractivity contribution in [3.05, 3.63) is 28.8 Å². The normalized spacial score (nSPS) is 9.93. The third-order valence-electron chi connectivity index (χ3n) is 2.36. The summed E-state index contributed by atoms with van der Waals surface area (Å²) in [7, 11) is 5.38. The molecule has 0 N–H and O–H groups in total. The molecule has 0 heterocycles. The minimum absolute atomic E-state index is 0.286. The van der Waals surface area contributed by atoms with Crippen molar-refractivity contribution >= 4 is 11.7 Å². The Morgan fingerprint density at radius 3 is 2.00 bits per heavy atom. The molecule has 0 bridgehead atoms. The van der Waals surface area contributed by atoms with Crippen molar-refractivity contribution in [2.45, 2.75) is 13.8 Å². The van der Waals surface area contributed by atoms with Crippen LogP contribution in [0.4, 0.5) is 5.69 Å². The Balaban J connectivity index is 3.25. The van der Waals surface area contributed by atoms with E-state index in [-0.39, 0.29) is 5.97 Å². The molecule has 0 saturated heterocycles. The van der Waals surface area contributed by atoms with Gasteiger partial charge in [0.2, 0.25) is 0 Å². The number of carbonyl (C=O) groups is 1. The molecule has 82 valence electrons. The summed E-state index contributed by atoms with van der Waals surface area (Å²) in [5.74, 6) is -0.286. The van der Waals surface area contributed by atoms with Gasteiger partial charge in [-0.3, -0.25) is 0 Å². The van der Waals surface area contributed by atoms with Gasteiger partial charge in [0.1, 0.15) is 0 Å². The van der Waals surface area contributed by atoms with Crippen molar-refractivity contribution in [2.75, 3.05) is 26.1 Å². The van der Waals surface area contributed by atoms with Gasteiger partial charge in [-0.1, -0.05) is 0 Å². The number of anilines is 1. The SMILES string of the molecule is COC(=O)c1cc(C)c(N(C)C)c(C)c1. The van der Waals surface area contributed by atoms with Crippen molar-refractivity contribution in [1.29, 1.82) is 0 Å². The first-order valence-corrected chi connectivity index (χ1v) is 4.84. The highest BCUT2D eigenvalue weighted by atomic mass is 16.5. The maximum absolute atomic E-state index is 11.4. The highest BCUT2D eigenvalue weighted by Gasteiger charge is 2.11. The fourth-order valence-corrected chi connectivity index (χ4v) is 1.90. The van der Waals surface area contributed by atoms with E-state index in [9.17, 15) is 4.79 Å². The fraction of sp³-hybridized carbons (Fsp3) is 0.417. The lowest BCUT2D eigenvalue weighted by atomic mass is 10.0. The molecule has 1 aromatic rings. The van der Waals surface area contributed by atoms with Crippen LogP contribution >= 0.6 is 0 Å². The molecule has 3 heteroatoms. The molecule has 0 saturated carbocycles. The Hall–Kier alpha value is -1.51. The fourth-order valence-electron chi connectivity index (χ4n) is 1.90. The zero-order valence-electron chi connectivity index (χ0n) is 9.92. The van der Waals surface area contributed by atoms with Gasteiger partial charge in [0.25, 0.3) is 0 Å². The summed E-state index contributed by atoms with van der Waals surface area (Å²) in [6.45, 7) is 3.99. The molecule has 0 spiro atoms. The van der Waals surface area contributed by atoms with E-state index in [0.717, 1.165) is 16.8 Å². The lowest BCUT2D eigenvalue weighted by molar-refractivity contribution is 0.0600. The average molecular weight is 207 g/mol. The van der Waals surface area contributed by atoms with Crippen LogP contribution in [0, 0.1) is 13.8 Å². The molecule has 0 aliphatic carbocycles. The standard InChI is InChI=1S/C12H17NO2/c1-8-6-10(12(14)15-5)7-9(2)11(8)13(3)4/h6-7H,1-5H3. The lowest BCUT2D eigenvalue weighted by Crippen LogP contribution is -2.13. The Bertz CT molecular complexity index is 360. The molecule has 1 rings (SSSR count). The first kappa shape index (κ1) is 11.6. The Labute approximate surface area is 90.7 Å². The molecule has 1 aromatic carbocycles. The van der Waals surface area contributed by atoms with Crippen LogP contribution in [0.25, 0.3) is 0 Å². The van der Waals surface area contributed by atoms with Gasteiger partial charge in [0.05, 0.1) is 12.7 Å². The molecule has 0 unspecified atom stereocenters. The lowest BCUT2D eigenvalue weighted by Gasteiger charge is -2.19. The van der Waals surface area contributed by atoms with E-state index in [2.05, 4.69) is 0 Å². The molecule has 0 amide bonds. The monoisotopic (exact) mass is 207 g/mol. The average Bonchev–Trinajstić information content (AvgIpc) is 2.14. The third kappa shape index (κ3) is 2.29. The van der Waals surface area contributed by atoms with Crippen LogP contribution in [0.2, 0.25) is 0 Å². The van der Waals surface area contributed by atoms with Gasteiger partial charge in [-0.05, 0) is 37.1 Å². The van der Waals surface area contributed by atoms with Crippen LogP contribution in [-0.4, -0.2) is 27.2 Å². The summed E-state index contributed by atoms with van der Waals surface area (Å²) in [5, 5.41) is 0. The van der Waals surface area contributed by atoms with Crippen LogP contribution in [0.3, 0.4) is 0 Å². The number of ether oxygens (including phenoxy) is 1. The molecule has 3 nitrogen and oxygen atoms in total. The number of hydrogen-bond acceptors (Lipinski definition) is 3. The number of hydrogen-bond donors (Lipinski definition) is 0. The number of esters is 1. The minimum Gasteiger partial charge on any atom is -0.465 e. The minimum atomic E-state index is -0.286. The van der Waals surface area contributed by atoms with Crippen molar-refractivity contribution in [3.8, 4) is 0 Å². The molecular formula is C12H17NO2. The summed E-state index contributed by atoms with van der Waals surface area (Å²) < 4.78 is 4.69. The first-order chi connectivity index (χ1) is 6.97. The number of methoxy groups -OCH3 is 1. The second-order valence-electron chi connectivity index (χ2n) is 3.84. The number of carbonyl (C=O) groups excluding carboxylic acids is 1. The maximum atomic E-state index is 11.4. The molecule has 0 atom stereocenters. The van der Waals surface area contributed by atoms with Crippen LogP contribution in [0.15, 0.2) is 12.1 Å². The van der Waals surface area contributed by atoms with Gasteiger partial charge >= 0.3 is 5.97 Å². The van der Waals surface area contributed by atoms with Gasteiger partial charge < -0.3 is 9.64 Å². The van der Waals surface area contributed by atoms with Gasteiger partial charge in [0.15, 0.2) is 0 Å². The Morgan fingerprint density at radius 2 is 1.67 bits per heavy atom. The summed E-state index contributed by atoms with van der Waals surface area (Å²) in [5.41, 5.74) is 3.93. The predicted octanol–water partition coefficient (Wildman–Crippen LogP) is 2.16. The van der Waals surface area contributed by atoms with Crippen LogP contribution in [0.1, 0.15) is 21.5 Å².